The molecule has 2 nitrogen and oxygen atoms in total. The van der Waals surface area contributed by atoms with Gasteiger partial charge in [-0.25, -0.2) is 0 Å². The van der Waals surface area contributed by atoms with Crippen LogP contribution >= 0.6 is 0 Å². The molecule has 92 valence electrons. The van der Waals surface area contributed by atoms with E-state index < -0.39 is 0 Å². The van der Waals surface area contributed by atoms with Crippen LogP contribution in [0.25, 0.3) is 0 Å². The van der Waals surface area contributed by atoms with Crippen molar-refractivity contribution in [1.82, 2.24) is 0 Å². The molecule has 1 aliphatic carbocycles. The van der Waals surface area contributed by atoms with Crippen LogP contribution in [-0.2, 0) is 4.74 Å². The fourth-order valence-electron chi connectivity index (χ4n) is 2.69. The van der Waals surface area contributed by atoms with Crippen molar-refractivity contribution in [3.8, 4) is 6.07 Å². The summed E-state index contributed by atoms with van der Waals surface area (Å²) in [7, 11) is 0. The first-order chi connectivity index (χ1) is 7.65. The number of nitrogens with zero attached hydrogens (tertiary/aromatic N) is 1. The van der Waals surface area contributed by atoms with Crippen LogP contribution in [0.4, 0.5) is 0 Å². The highest BCUT2D eigenvalue weighted by molar-refractivity contribution is 4.81. The molecule has 0 amide bonds. The smallest absolute Gasteiger partial charge is 0.0622 e. The zero-order chi connectivity index (χ0) is 12.0. The van der Waals surface area contributed by atoms with Gasteiger partial charge in [0.25, 0.3) is 0 Å². The Morgan fingerprint density at radius 3 is 2.75 bits per heavy atom. The van der Waals surface area contributed by atoms with Gasteiger partial charge in [0.1, 0.15) is 0 Å². The maximum absolute atomic E-state index is 8.48. The predicted molar refractivity (Wildman–Crippen MR) is 65.9 cm³/mol. The summed E-state index contributed by atoms with van der Waals surface area (Å²) in [6.07, 6.45) is 5.79. The second kappa shape index (κ2) is 6.91. The molecule has 1 saturated carbocycles. The Morgan fingerprint density at radius 1 is 1.38 bits per heavy atom. The second-order valence-electron chi connectivity index (χ2n) is 5.50. The van der Waals surface area contributed by atoms with Crippen molar-refractivity contribution in [1.29, 1.82) is 5.26 Å². The van der Waals surface area contributed by atoms with Crippen molar-refractivity contribution in [2.45, 2.75) is 59.0 Å². The number of ether oxygens (including phenoxy) is 1. The van der Waals surface area contributed by atoms with Gasteiger partial charge in [-0.05, 0) is 37.0 Å². The van der Waals surface area contributed by atoms with Gasteiger partial charge in [-0.2, -0.15) is 5.26 Å². The average molecular weight is 223 g/mol. The van der Waals surface area contributed by atoms with E-state index in [2.05, 4.69) is 26.8 Å². The fraction of sp³-hybridized carbons (Fsp3) is 0.929. The third kappa shape index (κ3) is 4.14. The van der Waals surface area contributed by atoms with Crippen molar-refractivity contribution in [3.63, 3.8) is 0 Å². The molecular formula is C14H25NO. The van der Waals surface area contributed by atoms with Gasteiger partial charge < -0.3 is 4.74 Å². The summed E-state index contributed by atoms with van der Waals surface area (Å²) in [5.41, 5.74) is 0. The number of hydrogen-bond donors (Lipinski definition) is 0. The monoisotopic (exact) mass is 223 g/mol. The molecule has 0 aliphatic heterocycles. The summed E-state index contributed by atoms with van der Waals surface area (Å²) in [5.74, 6) is 2.24. The molecule has 0 radical (unpaired) electrons. The maximum Gasteiger partial charge on any atom is 0.0622 e. The van der Waals surface area contributed by atoms with Crippen LogP contribution in [0, 0.1) is 29.1 Å². The summed E-state index contributed by atoms with van der Waals surface area (Å²) < 4.78 is 5.98. The topological polar surface area (TPSA) is 33.0 Å². The Labute approximate surface area is 100.0 Å². The lowest BCUT2D eigenvalue weighted by atomic mass is 9.75. The van der Waals surface area contributed by atoms with E-state index in [1.165, 1.54) is 19.3 Å². The van der Waals surface area contributed by atoms with Gasteiger partial charge in [-0.1, -0.05) is 27.2 Å². The number of rotatable bonds is 5. The molecule has 16 heavy (non-hydrogen) atoms. The highest BCUT2D eigenvalue weighted by Gasteiger charge is 2.30. The summed E-state index contributed by atoms with van der Waals surface area (Å²) in [6, 6.07) is 2.17. The quantitative estimate of drug-likeness (QED) is 0.665. The molecule has 1 rings (SSSR count). The van der Waals surface area contributed by atoms with Crippen molar-refractivity contribution in [2.24, 2.45) is 17.8 Å². The Morgan fingerprint density at radius 2 is 2.12 bits per heavy atom. The van der Waals surface area contributed by atoms with E-state index in [-0.39, 0.29) is 0 Å². The van der Waals surface area contributed by atoms with Crippen LogP contribution in [0.1, 0.15) is 52.9 Å². The molecule has 2 heteroatoms. The van der Waals surface area contributed by atoms with Gasteiger partial charge in [0.15, 0.2) is 0 Å². The van der Waals surface area contributed by atoms with Gasteiger partial charge in [0.05, 0.1) is 12.2 Å². The van der Waals surface area contributed by atoms with Crippen molar-refractivity contribution in [2.75, 3.05) is 6.61 Å². The third-order valence-corrected chi connectivity index (χ3v) is 3.73. The SMILES string of the molecule is CC1CCC(C(C)C)C(OCCCC#N)C1. The minimum Gasteiger partial charge on any atom is -0.378 e. The lowest BCUT2D eigenvalue weighted by Crippen LogP contribution is -2.34. The van der Waals surface area contributed by atoms with Gasteiger partial charge in [0.2, 0.25) is 0 Å². The molecule has 0 bridgehead atoms. The lowest BCUT2D eigenvalue weighted by Gasteiger charge is -2.37. The first-order valence-electron chi connectivity index (χ1n) is 6.63. The molecular weight excluding hydrogens is 198 g/mol. The van der Waals surface area contributed by atoms with Crippen molar-refractivity contribution < 1.29 is 4.74 Å². The number of nitriles is 1. The van der Waals surface area contributed by atoms with Crippen LogP contribution in [0.3, 0.4) is 0 Å². The molecule has 0 aromatic heterocycles. The normalized spacial score (nSPS) is 30.3. The average Bonchev–Trinajstić information content (AvgIpc) is 2.24. The Balaban J connectivity index is 2.36. The minimum absolute atomic E-state index is 0.433. The summed E-state index contributed by atoms with van der Waals surface area (Å²) in [5, 5.41) is 8.48. The van der Waals surface area contributed by atoms with Crippen molar-refractivity contribution >= 4 is 0 Å². The van der Waals surface area contributed by atoms with Gasteiger partial charge >= 0.3 is 0 Å². The van der Waals surface area contributed by atoms with E-state index in [0.717, 1.165) is 24.9 Å². The van der Waals surface area contributed by atoms with Crippen LogP contribution in [0.15, 0.2) is 0 Å². The Hall–Kier alpha value is -0.550. The van der Waals surface area contributed by atoms with Crippen LogP contribution in [0.2, 0.25) is 0 Å². The van der Waals surface area contributed by atoms with E-state index in [1.54, 1.807) is 0 Å². The fourth-order valence-corrected chi connectivity index (χ4v) is 2.69. The van der Waals surface area contributed by atoms with E-state index in [1.807, 2.05) is 0 Å². The third-order valence-electron chi connectivity index (χ3n) is 3.73. The van der Waals surface area contributed by atoms with Gasteiger partial charge in [-0.3, -0.25) is 0 Å². The van der Waals surface area contributed by atoms with Crippen LogP contribution in [0.5, 0.6) is 0 Å². The number of hydrogen-bond acceptors (Lipinski definition) is 2. The van der Waals surface area contributed by atoms with Crippen molar-refractivity contribution in [3.05, 3.63) is 0 Å². The molecule has 1 aliphatic rings. The van der Waals surface area contributed by atoms with Crippen LogP contribution < -0.4 is 0 Å². The first kappa shape index (κ1) is 13.5. The van der Waals surface area contributed by atoms with Crippen LogP contribution in [-0.4, -0.2) is 12.7 Å². The maximum atomic E-state index is 8.48. The number of unbranched alkanes of at least 4 members (excludes halogenated alkanes) is 1. The van der Waals surface area contributed by atoms with E-state index in [0.29, 0.717) is 18.4 Å². The zero-order valence-electron chi connectivity index (χ0n) is 10.9. The molecule has 3 unspecified atom stereocenters. The molecule has 0 aromatic rings. The molecule has 1 fully saturated rings. The molecule has 0 aromatic carbocycles. The van der Waals surface area contributed by atoms with E-state index >= 15 is 0 Å². The lowest BCUT2D eigenvalue weighted by molar-refractivity contribution is -0.0386. The summed E-state index contributed by atoms with van der Waals surface area (Å²) in [6.45, 7) is 7.68. The van der Waals surface area contributed by atoms with E-state index in [4.69, 9.17) is 10.00 Å². The standard InChI is InChI=1S/C14H25NO/c1-11(2)13-7-6-12(3)10-14(13)16-9-5-4-8-15/h11-14H,4-7,9-10H2,1-3H3. The first-order valence-corrected chi connectivity index (χ1v) is 6.63. The molecule has 0 saturated heterocycles. The Kier molecular flexibility index (Phi) is 5.84. The molecule has 3 atom stereocenters. The van der Waals surface area contributed by atoms with Gasteiger partial charge in [-0.15, -0.1) is 0 Å². The highest BCUT2D eigenvalue weighted by atomic mass is 16.5. The summed E-state index contributed by atoms with van der Waals surface area (Å²) in [4.78, 5) is 0. The Bertz CT molecular complexity index is 231. The zero-order valence-corrected chi connectivity index (χ0v) is 10.9. The highest BCUT2D eigenvalue weighted by Crippen LogP contribution is 2.35. The van der Waals surface area contributed by atoms with E-state index in [9.17, 15) is 0 Å². The largest absolute Gasteiger partial charge is 0.378 e. The molecule has 0 spiro atoms. The predicted octanol–water partition coefficient (Wildman–Crippen LogP) is 3.77. The molecule has 0 heterocycles. The summed E-state index contributed by atoms with van der Waals surface area (Å²) >= 11 is 0. The van der Waals surface area contributed by atoms with Gasteiger partial charge in [0, 0.05) is 13.0 Å². The molecule has 0 N–H and O–H groups in total. The minimum atomic E-state index is 0.433. The second-order valence-corrected chi connectivity index (χ2v) is 5.50.